The number of nitrogens with two attached hydrogens (primary N) is 1. The molecule has 1 amide bonds. The average molecular weight is 302 g/mol. The van der Waals surface area contributed by atoms with E-state index in [1.165, 1.54) is 7.11 Å². The molecule has 0 saturated heterocycles. The number of carboxylic acids is 1. The fourth-order valence-corrected chi connectivity index (χ4v) is 1.97. The molecule has 4 N–H and O–H groups in total. The van der Waals surface area contributed by atoms with Crippen molar-refractivity contribution < 1.29 is 24.2 Å². The number of hydrogen-bond donors (Lipinski definition) is 3. The minimum atomic E-state index is -1.18. The monoisotopic (exact) mass is 302 g/mol. The van der Waals surface area contributed by atoms with Crippen LogP contribution in [0.15, 0.2) is 0 Å². The maximum Gasteiger partial charge on any atom is 0.326 e. The Hall–Kier alpha value is -1.63. The molecule has 0 rings (SSSR count). The molecule has 21 heavy (non-hydrogen) atoms. The van der Waals surface area contributed by atoms with E-state index in [9.17, 15) is 14.4 Å². The topological polar surface area (TPSA) is 119 Å². The van der Waals surface area contributed by atoms with Gasteiger partial charge in [0.15, 0.2) is 0 Å². The van der Waals surface area contributed by atoms with Crippen molar-refractivity contribution in [1.29, 1.82) is 0 Å². The predicted molar refractivity (Wildman–Crippen MR) is 77.5 cm³/mol. The summed E-state index contributed by atoms with van der Waals surface area (Å²) in [4.78, 5) is 33.9. The summed E-state index contributed by atoms with van der Waals surface area (Å²) in [7, 11) is 1.22. The number of aliphatic carboxylic acids is 1. The number of amides is 1. The lowest BCUT2D eigenvalue weighted by atomic mass is 9.87. The maximum absolute atomic E-state index is 11.8. The highest BCUT2D eigenvalue weighted by molar-refractivity contribution is 5.84. The zero-order valence-electron chi connectivity index (χ0n) is 13.1. The number of hydrogen-bond acceptors (Lipinski definition) is 5. The van der Waals surface area contributed by atoms with E-state index in [4.69, 9.17) is 10.8 Å². The number of carbonyl (C=O) groups is 3. The smallest absolute Gasteiger partial charge is 0.326 e. The second-order valence-electron chi connectivity index (χ2n) is 6.30. The second kappa shape index (κ2) is 8.61. The summed E-state index contributed by atoms with van der Waals surface area (Å²) in [6.07, 6.45) is 0.629. The number of carbonyl (C=O) groups excluding carboxylic acids is 2. The summed E-state index contributed by atoms with van der Waals surface area (Å²) < 4.78 is 4.44. The van der Waals surface area contributed by atoms with E-state index >= 15 is 0 Å². The van der Waals surface area contributed by atoms with Gasteiger partial charge in [-0.2, -0.15) is 0 Å². The van der Waals surface area contributed by atoms with Crippen LogP contribution in [0.2, 0.25) is 0 Å². The molecule has 0 aliphatic heterocycles. The Kier molecular flexibility index (Phi) is 7.94. The van der Waals surface area contributed by atoms with Crippen LogP contribution in [0.25, 0.3) is 0 Å². The van der Waals surface area contributed by atoms with Crippen LogP contribution in [-0.4, -0.2) is 42.1 Å². The number of methoxy groups -OCH3 is 1. The Balaban J connectivity index is 4.35. The molecule has 0 radical (unpaired) electrons. The summed E-state index contributed by atoms with van der Waals surface area (Å²) in [6, 6.07) is -1.45. The zero-order chi connectivity index (χ0) is 16.6. The van der Waals surface area contributed by atoms with E-state index in [0.717, 1.165) is 0 Å². The average Bonchev–Trinajstić information content (AvgIpc) is 2.30. The van der Waals surface area contributed by atoms with Crippen molar-refractivity contribution in [2.75, 3.05) is 7.11 Å². The van der Waals surface area contributed by atoms with E-state index in [1.54, 1.807) is 0 Å². The highest BCUT2D eigenvalue weighted by Gasteiger charge is 2.23. The first-order chi connectivity index (χ1) is 9.55. The SMILES string of the molecule is COC(=O)CCC(NC(=O)CC(N)CC(C)(C)C)C(=O)O. The first-order valence-electron chi connectivity index (χ1n) is 6.89. The van der Waals surface area contributed by atoms with Gasteiger partial charge in [-0.15, -0.1) is 0 Å². The number of ether oxygens (including phenoxy) is 1. The van der Waals surface area contributed by atoms with E-state index < -0.39 is 23.9 Å². The standard InChI is InChI=1S/C14H26N2O5/c1-14(2,3)8-9(15)7-11(17)16-10(13(19)20)5-6-12(18)21-4/h9-10H,5-8,15H2,1-4H3,(H,16,17)(H,19,20). The van der Waals surface area contributed by atoms with Crippen LogP contribution >= 0.6 is 0 Å². The fraction of sp³-hybridized carbons (Fsp3) is 0.786. The molecule has 2 unspecified atom stereocenters. The summed E-state index contributed by atoms with van der Waals surface area (Å²) in [5.41, 5.74) is 5.87. The minimum Gasteiger partial charge on any atom is -0.480 e. The van der Waals surface area contributed by atoms with Crippen LogP contribution in [0.3, 0.4) is 0 Å². The minimum absolute atomic E-state index is 0.00319. The fourth-order valence-electron chi connectivity index (χ4n) is 1.97. The predicted octanol–water partition coefficient (Wildman–Crippen LogP) is 0.663. The maximum atomic E-state index is 11.8. The van der Waals surface area contributed by atoms with Gasteiger partial charge in [0.1, 0.15) is 6.04 Å². The molecule has 7 heteroatoms. The lowest BCUT2D eigenvalue weighted by Gasteiger charge is -2.23. The van der Waals surface area contributed by atoms with E-state index in [2.05, 4.69) is 10.1 Å². The number of carboxylic acid groups (broad SMARTS) is 1. The normalized spacial score (nSPS) is 14.1. The molecule has 0 fully saturated rings. The molecule has 122 valence electrons. The molecule has 0 aromatic heterocycles. The summed E-state index contributed by atoms with van der Waals surface area (Å²) in [5, 5.41) is 11.4. The quantitative estimate of drug-likeness (QED) is 0.567. The van der Waals surface area contributed by atoms with E-state index in [1.807, 2.05) is 20.8 Å². The summed E-state index contributed by atoms with van der Waals surface area (Å²) in [5.74, 6) is -2.12. The lowest BCUT2D eigenvalue weighted by Crippen LogP contribution is -2.43. The van der Waals surface area contributed by atoms with Gasteiger partial charge in [0.25, 0.3) is 0 Å². The van der Waals surface area contributed by atoms with E-state index in [0.29, 0.717) is 6.42 Å². The molecule has 0 spiro atoms. The van der Waals surface area contributed by atoms with Crippen LogP contribution < -0.4 is 11.1 Å². The van der Waals surface area contributed by atoms with Crippen LogP contribution in [-0.2, 0) is 19.1 Å². The molecule has 0 aromatic carbocycles. The van der Waals surface area contributed by atoms with Gasteiger partial charge in [-0.1, -0.05) is 20.8 Å². The van der Waals surface area contributed by atoms with Crippen molar-refractivity contribution in [3.05, 3.63) is 0 Å². The van der Waals surface area contributed by atoms with Crippen molar-refractivity contribution >= 4 is 17.8 Å². The highest BCUT2D eigenvalue weighted by atomic mass is 16.5. The molecular formula is C14H26N2O5. The first kappa shape index (κ1) is 19.4. The lowest BCUT2D eigenvalue weighted by molar-refractivity contribution is -0.144. The third kappa shape index (κ3) is 9.84. The van der Waals surface area contributed by atoms with Crippen molar-refractivity contribution in [1.82, 2.24) is 5.32 Å². The summed E-state index contributed by atoms with van der Waals surface area (Å²) in [6.45, 7) is 6.05. The third-order valence-corrected chi connectivity index (χ3v) is 2.82. The van der Waals surface area contributed by atoms with Crippen LogP contribution in [0, 0.1) is 5.41 Å². The molecule has 0 heterocycles. The Morgan fingerprint density at radius 3 is 2.29 bits per heavy atom. The second-order valence-corrected chi connectivity index (χ2v) is 6.30. The van der Waals surface area contributed by atoms with Crippen LogP contribution in [0.1, 0.15) is 46.5 Å². The van der Waals surface area contributed by atoms with Gasteiger partial charge in [-0.3, -0.25) is 9.59 Å². The number of rotatable bonds is 8. The molecule has 0 bridgehead atoms. The van der Waals surface area contributed by atoms with Gasteiger partial charge in [0, 0.05) is 18.9 Å². The Labute approximate surface area is 125 Å². The molecule has 7 nitrogen and oxygen atoms in total. The van der Waals surface area contributed by atoms with Crippen molar-refractivity contribution in [3.8, 4) is 0 Å². The molecule has 0 aliphatic carbocycles. The molecule has 2 atom stereocenters. The number of nitrogens with one attached hydrogen (secondary N) is 1. The van der Waals surface area contributed by atoms with Gasteiger partial charge in [-0.05, 0) is 18.3 Å². The Morgan fingerprint density at radius 1 is 1.29 bits per heavy atom. The van der Waals surface area contributed by atoms with Crippen LogP contribution in [0.4, 0.5) is 0 Å². The Morgan fingerprint density at radius 2 is 1.86 bits per heavy atom. The number of esters is 1. The van der Waals surface area contributed by atoms with E-state index in [-0.39, 0.29) is 30.7 Å². The van der Waals surface area contributed by atoms with Gasteiger partial charge in [0.05, 0.1) is 7.11 Å². The van der Waals surface area contributed by atoms with Crippen molar-refractivity contribution in [2.45, 2.75) is 58.5 Å². The van der Waals surface area contributed by atoms with Gasteiger partial charge in [0.2, 0.25) is 5.91 Å². The molecular weight excluding hydrogens is 276 g/mol. The molecule has 0 saturated carbocycles. The Bertz CT molecular complexity index is 376. The van der Waals surface area contributed by atoms with Crippen LogP contribution in [0.5, 0.6) is 0 Å². The third-order valence-electron chi connectivity index (χ3n) is 2.82. The summed E-state index contributed by atoms with van der Waals surface area (Å²) >= 11 is 0. The van der Waals surface area contributed by atoms with Gasteiger partial charge in [-0.25, -0.2) is 4.79 Å². The van der Waals surface area contributed by atoms with Crippen molar-refractivity contribution in [3.63, 3.8) is 0 Å². The molecule has 0 aliphatic rings. The van der Waals surface area contributed by atoms with Gasteiger partial charge < -0.3 is 20.9 Å². The zero-order valence-corrected chi connectivity index (χ0v) is 13.1. The van der Waals surface area contributed by atoms with Crippen molar-refractivity contribution in [2.24, 2.45) is 11.1 Å². The first-order valence-corrected chi connectivity index (χ1v) is 6.89. The largest absolute Gasteiger partial charge is 0.480 e. The highest BCUT2D eigenvalue weighted by Crippen LogP contribution is 2.21. The molecule has 0 aromatic rings. The van der Waals surface area contributed by atoms with Gasteiger partial charge >= 0.3 is 11.9 Å².